The molecule has 0 atom stereocenters. The van der Waals surface area contributed by atoms with Crippen molar-refractivity contribution in [1.29, 1.82) is 0 Å². The Morgan fingerprint density at radius 2 is 1.91 bits per heavy atom. The van der Waals surface area contributed by atoms with Crippen molar-refractivity contribution in [2.24, 2.45) is 0 Å². The number of halogens is 1. The third-order valence-electron chi connectivity index (χ3n) is 3.89. The molecule has 0 bridgehead atoms. The van der Waals surface area contributed by atoms with Crippen molar-refractivity contribution in [2.45, 2.75) is 0 Å². The minimum Gasteiger partial charge on any atom is -0.386 e. The summed E-state index contributed by atoms with van der Waals surface area (Å²) in [6.07, 6.45) is 0. The highest BCUT2D eigenvalue weighted by Crippen LogP contribution is 2.28. The number of nitrogens with zero attached hydrogens (tertiary/aromatic N) is 2. The fraction of sp³-hybridized carbons (Fsp3) is 0.312. The normalized spacial score (nSPS) is 15.0. The highest BCUT2D eigenvalue weighted by Gasteiger charge is 2.25. The Kier molecular flexibility index (Phi) is 4.69. The number of nitrogens with one attached hydrogen (secondary N) is 1. The third-order valence-corrected chi connectivity index (χ3v) is 5.72. The second-order valence-electron chi connectivity index (χ2n) is 5.14. The van der Waals surface area contributed by atoms with Gasteiger partial charge in [-0.1, -0.05) is 12.1 Å². The standard InChI is InChI=1S/C16H18BrN3OS/c1-18-13-4-2-3-5-14(13)19-7-9-20(10-8-19)16(21)15-12(17)6-11-22-15/h2-6,11,18H,7-10H2,1H3. The molecule has 2 aromatic rings. The average molecular weight is 380 g/mol. The second kappa shape index (κ2) is 6.71. The summed E-state index contributed by atoms with van der Waals surface area (Å²) in [6.45, 7) is 3.21. The van der Waals surface area contributed by atoms with Crippen LogP contribution >= 0.6 is 27.3 Å². The topological polar surface area (TPSA) is 35.6 Å². The van der Waals surface area contributed by atoms with Crippen molar-refractivity contribution < 1.29 is 4.79 Å². The van der Waals surface area contributed by atoms with Gasteiger partial charge in [-0.2, -0.15) is 0 Å². The molecular formula is C16H18BrN3OS. The monoisotopic (exact) mass is 379 g/mol. The molecule has 116 valence electrons. The molecule has 1 amide bonds. The van der Waals surface area contributed by atoms with Gasteiger partial charge in [0.2, 0.25) is 0 Å². The van der Waals surface area contributed by atoms with Gasteiger partial charge in [0.15, 0.2) is 0 Å². The maximum atomic E-state index is 12.5. The van der Waals surface area contributed by atoms with E-state index in [4.69, 9.17) is 0 Å². The van der Waals surface area contributed by atoms with Crippen LogP contribution in [0.25, 0.3) is 0 Å². The number of benzene rings is 1. The number of rotatable bonds is 3. The van der Waals surface area contributed by atoms with Crippen LogP contribution in [-0.4, -0.2) is 44.0 Å². The first-order valence-corrected chi connectivity index (χ1v) is 8.92. The van der Waals surface area contributed by atoms with Crippen LogP contribution in [0.3, 0.4) is 0 Å². The van der Waals surface area contributed by atoms with Crippen LogP contribution in [0.4, 0.5) is 11.4 Å². The first kappa shape index (κ1) is 15.4. The number of hydrogen-bond acceptors (Lipinski definition) is 4. The van der Waals surface area contributed by atoms with Crippen molar-refractivity contribution in [3.8, 4) is 0 Å². The van der Waals surface area contributed by atoms with E-state index in [1.165, 1.54) is 17.0 Å². The highest BCUT2D eigenvalue weighted by molar-refractivity contribution is 9.10. The molecule has 6 heteroatoms. The molecule has 22 heavy (non-hydrogen) atoms. The Labute approximate surface area is 142 Å². The van der Waals surface area contributed by atoms with Gasteiger partial charge in [-0.25, -0.2) is 0 Å². The van der Waals surface area contributed by atoms with Gasteiger partial charge in [-0.15, -0.1) is 11.3 Å². The van der Waals surface area contributed by atoms with Gasteiger partial charge >= 0.3 is 0 Å². The molecule has 0 unspecified atom stereocenters. The fourth-order valence-corrected chi connectivity index (χ4v) is 4.21. The molecule has 0 saturated carbocycles. The fourth-order valence-electron chi connectivity index (χ4n) is 2.70. The van der Waals surface area contributed by atoms with Crippen LogP contribution in [0.1, 0.15) is 9.67 Å². The van der Waals surface area contributed by atoms with Crippen LogP contribution in [0.15, 0.2) is 40.2 Å². The molecule has 2 heterocycles. The Bertz CT molecular complexity index is 665. The van der Waals surface area contributed by atoms with E-state index in [-0.39, 0.29) is 5.91 Å². The number of hydrogen-bond donors (Lipinski definition) is 1. The van der Waals surface area contributed by atoms with Gasteiger partial charge in [0.1, 0.15) is 4.88 Å². The van der Waals surface area contributed by atoms with Gasteiger partial charge in [0.05, 0.1) is 11.4 Å². The van der Waals surface area contributed by atoms with Crippen LogP contribution in [0.2, 0.25) is 0 Å². The lowest BCUT2D eigenvalue weighted by atomic mass is 10.2. The van der Waals surface area contributed by atoms with Crippen LogP contribution in [-0.2, 0) is 0 Å². The number of piperazine rings is 1. The van der Waals surface area contributed by atoms with Gasteiger partial charge in [-0.3, -0.25) is 4.79 Å². The molecule has 0 radical (unpaired) electrons. The largest absolute Gasteiger partial charge is 0.386 e. The molecule has 1 aliphatic heterocycles. The number of para-hydroxylation sites is 2. The molecule has 1 aromatic heterocycles. The zero-order valence-corrected chi connectivity index (χ0v) is 14.8. The summed E-state index contributed by atoms with van der Waals surface area (Å²) in [5.41, 5.74) is 2.33. The lowest BCUT2D eigenvalue weighted by molar-refractivity contribution is 0.0751. The van der Waals surface area contributed by atoms with Gasteiger partial charge in [0, 0.05) is 37.7 Å². The summed E-state index contributed by atoms with van der Waals surface area (Å²) < 4.78 is 0.894. The lowest BCUT2D eigenvalue weighted by Crippen LogP contribution is -2.48. The summed E-state index contributed by atoms with van der Waals surface area (Å²) in [6, 6.07) is 10.2. The Hall–Kier alpha value is -1.53. The minimum absolute atomic E-state index is 0.128. The van der Waals surface area contributed by atoms with Crippen LogP contribution in [0.5, 0.6) is 0 Å². The van der Waals surface area contributed by atoms with Crippen molar-refractivity contribution in [2.75, 3.05) is 43.4 Å². The predicted octanol–water partition coefficient (Wildman–Crippen LogP) is 3.51. The van der Waals surface area contributed by atoms with Crippen LogP contribution < -0.4 is 10.2 Å². The molecular weight excluding hydrogens is 362 g/mol. The number of carbonyl (C=O) groups excluding carboxylic acids is 1. The molecule has 1 aliphatic rings. The van der Waals surface area contributed by atoms with E-state index in [9.17, 15) is 4.79 Å². The summed E-state index contributed by atoms with van der Waals surface area (Å²) in [7, 11) is 1.94. The smallest absolute Gasteiger partial charge is 0.265 e. The van der Waals surface area contributed by atoms with E-state index in [2.05, 4.69) is 44.3 Å². The summed E-state index contributed by atoms with van der Waals surface area (Å²) in [5.74, 6) is 0.128. The van der Waals surface area contributed by atoms with E-state index in [0.29, 0.717) is 0 Å². The first-order valence-electron chi connectivity index (χ1n) is 7.24. The van der Waals surface area contributed by atoms with Crippen molar-refractivity contribution in [3.05, 3.63) is 45.1 Å². The van der Waals surface area contributed by atoms with E-state index in [1.54, 1.807) is 0 Å². The molecule has 1 N–H and O–H groups in total. The summed E-state index contributed by atoms with van der Waals surface area (Å²) in [4.78, 5) is 17.6. The number of anilines is 2. The lowest BCUT2D eigenvalue weighted by Gasteiger charge is -2.36. The van der Waals surface area contributed by atoms with E-state index < -0.39 is 0 Å². The zero-order valence-electron chi connectivity index (χ0n) is 12.4. The second-order valence-corrected chi connectivity index (χ2v) is 6.91. The molecule has 0 spiro atoms. The summed E-state index contributed by atoms with van der Waals surface area (Å²) in [5, 5.41) is 5.17. The van der Waals surface area contributed by atoms with E-state index in [1.807, 2.05) is 29.5 Å². The van der Waals surface area contributed by atoms with Gasteiger partial charge in [-0.05, 0) is 39.5 Å². The Morgan fingerprint density at radius 3 is 2.55 bits per heavy atom. The first-order chi connectivity index (χ1) is 10.7. The van der Waals surface area contributed by atoms with Crippen molar-refractivity contribution in [3.63, 3.8) is 0 Å². The highest BCUT2D eigenvalue weighted by atomic mass is 79.9. The molecule has 1 aromatic carbocycles. The molecule has 4 nitrogen and oxygen atoms in total. The maximum Gasteiger partial charge on any atom is 0.265 e. The zero-order chi connectivity index (χ0) is 15.5. The molecule has 1 fully saturated rings. The Morgan fingerprint density at radius 1 is 1.18 bits per heavy atom. The minimum atomic E-state index is 0.128. The number of thiophene rings is 1. The quantitative estimate of drug-likeness (QED) is 0.885. The maximum absolute atomic E-state index is 12.5. The van der Waals surface area contributed by atoms with Crippen molar-refractivity contribution >= 4 is 44.5 Å². The predicted molar refractivity (Wildman–Crippen MR) is 96.1 cm³/mol. The third kappa shape index (κ3) is 2.98. The number of carbonyl (C=O) groups is 1. The summed E-state index contributed by atoms with van der Waals surface area (Å²) >= 11 is 4.94. The molecule has 1 saturated heterocycles. The van der Waals surface area contributed by atoms with E-state index in [0.717, 1.165) is 41.2 Å². The van der Waals surface area contributed by atoms with Crippen LogP contribution in [0, 0.1) is 0 Å². The van der Waals surface area contributed by atoms with E-state index >= 15 is 0 Å². The molecule has 0 aliphatic carbocycles. The van der Waals surface area contributed by atoms with Gasteiger partial charge in [0.25, 0.3) is 5.91 Å². The van der Waals surface area contributed by atoms with Gasteiger partial charge < -0.3 is 15.1 Å². The van der Waals surface area contributed by atoms with Crippen molar-refractivity contribution in [1.82, 2.24) is 4.90 Å². The molecule has 3 rings (SSSR count). The Balaban J connectivity index is 1.68. The SMILES string of the molecule is CNc1ccccc1N1CCN(C(=O)c2sccc2Br)CC1. The number of amides is 1. The average Bonchev–Trinajstić information content (AvgIpc) is 3.00.